The summed E-state index contributed by atoms with van der Waals surface area (Å²) in [5.41, 5.74) is 12.4. The van der Waals surface area contributed by atoms with Gasteiger partial charge in [-0.15, -0.1) is 0 Å². The van der Waals surface area contributed by atoms with E-state index in [0.29, 0.717) is 28.7 Å². The number of carbonyl (C=O) groups excluding carboxylic acids is 2. The predicted octanol–water partition coefficient (Wildman–Crippen LogP) is 3.51. The molecule has 4 N–H and O–H groups in total. The summed E-state index contributed by atoms with van der Waals surface area (Å²) in [5, 5.41) is 0.305. The lowest BCUT2D eigenvalue weighted by Gasteiger charge is -2.26. The van der Waals surface area contributed by atoms with E-state index in [9.17, 15) is 14.0 Å². The molecule has 0 aliphatic carbocycles. The number of rotatable bonds is 8. The number of hydrogen-bond acceptors (Lipinski definition) is 7. The van der Waals surface area contributed by atoms with E-state index in [1.807, 2.05) is 6.92 Å². The van der Waals surface area contributed by atoms with Gasteiger partial charge in [0.05, 0.1) is 6.61 Å². The van der Waals surface area contributed by atoms with E-state index in [-0.39, 0.29) is 16.5 Å². The fraction of sp³-hybridized carbons (Fsp3) is 0.190. The molecule has 2 aromatic carbocycles. The molecule has 3 aromatic rings. The van der Waals surface area contributed by atoms with Crippen LogP contribution in [0.25, 0.3) is 0 Å². The standard InChI is InChI=1S/C21H21FN4O3S/c1-3-29-16-10-4-13(5-11-16)17(27)18-19(23)25-21(30-18)26(12(2)20(24)28)15-8-6-14(22)7-9-15/h4-12H,3,23H2,1-2H3,(H2,24,28). The maximum atomic E-state index is 13.4. The highest BCUT2D eigenvalue weighted by molar-refractivity contribution is 7.18. The zero-order chi connectivity index (χ0) is 21.8. The van der Waals surface area contributed by atoms with Crippen LogP contribution in [0.1, 0.15) is 29.1 Å². The molecule has 0 aliphatic heterocycles. The number of aromatic nitrogens is 1. The summed E-state index contributed by atoms with van der Waals surface area (Å²) < 4.78 is 18.7. The van der Waals surface area contributed by atoms with Gasteiger partial charge in [0, 0.05) is 11.3 Å². The van der Waals surface area contributed by atoms with Crippen LogP contribution in [-0.2, 0) is 4.79 Å². The molecule has 1 atom stereocenters. The molecule has 0 saturated carbocycles. The van der Waals surface area contributed by atoms with Gasteiger partial charge in [-0.25, -0.2) is 9.37 Å². The molecule has 1 aromatic heterocycles. The van der Waals surface area contributed by atoms with Gasteiger partial charge in [-0.05, 0) is 62.4 Å². The molecule has 0 bridgehead atoms. The van der Waals surface area contributed by atoms with Crippen molar-refractivity contribution in [1.29, 1.82) is 0 Å². The van der Waals surface area contributed by atoms with Gasteiger partial charge in [0.2, 0.25) is 11.7 Å². The molecule has 1 heterocycles. The van der Waals surface area contributed by atoms with Gasteiger partial charge < -0.3 is 21.1 Å². The van der Waals surface area contributed by atoms with Gasteiger partial charge in [-0.3, -0.25) is 9.59 Å². The Morgan fingerprint density at radius 2 is 1.80 bits per heavy atom. The van der Waals surface area contributed by atoms with Crippen LogP contribution in [0.3, 0.4) is 0 Å². The monoisotopic (exact) mass is 428 g/mol. The molecule has 0 saturated heterocycles. The molecular weight excluding hydrogens is 407 g/mol. The van der Waals surface area contributed by atoms with Crippen molar-refractivity contribution in [3.05, 3.63) is 64.8 Å². The number of primary amides is 1. The second-order valence-electron chi connectivity index (χ2n) is 6.42. The quantitative estimate of drug-likeness (QED) is 0.531. The summed E-state index contributed by atoms with van der Waals surface area (Å²) in [6.45, 7) is 3.99. The molecule has 1 unspecified atom stereocenters. The molecule has 1 amide bonds. The fourth-order valence-electron chi connectivity index (χ4n) is 2.81. The maximum absolute atomic E-state index is 13.4. The Morgan fingerprint density at radius 1 is 1.17 bits per heavy atom. The minimum absolute atomic E-state index is 0.0395. The average molecular weight is 428 g/mol. The maximum Gasteiger partial charge on any atom is 0.240 e. The average Bonchev–Trinajstić information content (AvgIpc) is 3.11. The van der Waals surface area contributed by atoms with Crippen molar-refractivity contribution in [2.75, 3.05) is 17.2 Å². The van der Waals surface area contributed by atoms with E-state index in [4.69, 9.17) is 16.2 Å². The zero-order valence-electron chi connectivity index (χ0n) is 16.5. The topological polar surface area (TPSA) is 112 Å². The number of nitrogens with zero attached hydrogens (tertiary/aromatic N) is 2. The van der Waals surface area contributed by atoms with Crippen LogP contribution in [-0.4, -0.2) is 29.3 Å². The van der Waals surface area contributed by atoms with Crippen LogP contribution in [0.15, 0.2) is 48.5 Å². The fourth-order valence-corrected chi connectivity index (χ4v) is 3.86. The summed E-state index contributed by atoms with van der Waals surface area (Å²) in [4.78, 5) is 30.8. The first-order valence-corrected chi connectivity index (χ1v) is 10.0. The number of benzene rings is 2. The van der Waals surface area contributed by atoms with Gasteiger partial charge in [-0.1, -0.05) is 11.3 Å². The number of hydrogen-bond donors (Lipinski definition) is 2. The Morgan fingerprint density at radius 3 is 2.37 bits per heavy atom. The minimum Gasteiger partial charge on any atom is -0.494 e. The van der Waals surface area contributed by atoms with Crippen molar-refractivity contribution < 1.29 is 18.7 Å². The Balaban J connectivity index is 1.97. The SMILES string of the molecule is CCOc1ccc(C(=O)c2sc(N(c3ccc(F)cc3)C(C)C(N)=O)nc2N)cc1. The van der Waals surface area contributed by atoms with E-state index in [2.05, 4.69) is 4.98 Å². The van der Waals surface area contributed by atoms with Crippen LogP contribution in [0.4, 0.5) is 21.0 Å². The number of halogens is 1. The largest absolute Gasteiger partial charge is 0.494 e. The molecule has 0 radical (unpaired) electrons. The molecule has 3 rings (SSSR count). The molecule has 0 fully saturated rings. The third-order valence-corrected chi connectivity index (χ3v) is 5.45. The summed E-state index contributed by atoms with van der Waals surface area (Å²) in [5.74, 6) is -0.629. The lowest BCUT2D eigenvalue weighted by molar-refractivity contribution is -0.118. The van der Waals surface area contributed by atoms with E-state index >= 15 is 0 Å². The number of ether oxygens (including phenoxy) is 1. The van der Waals surface area contributed by atoms with E-state index in [1.165, 1.54) is 29.2 Å². The van der Waals surface area contributed by atoms with Crippen molar-refractivity contribution in [2.45, 2.75) is 19.9 Å². The third-order valence-electron chi connectivity index (χ3n) is 4.39. The van der Waals surface area contributed by atoms with Crippen molar-refractivity contribution in [3.63, 3.8) is 0 Å². The molecule has 9 heteroatoms. The molecular formula is C21H21FN4O3S. The molecule has 30 heavy (non-hydrogen) atoms. The van der Waals surface area contributed by atoms with Gasteiger partial charge in [0.1, 0.15) is 28.3 Å². The van der Waals surface area contributed by atoms with Crippen molar-refractivity contribution in [1.82, 2.24) is 4.98 Å². The first-order valence-electron chi connectivity index (χ1n) is 9.19. The highest BCUT2D eigenvalue weighted by atomic mass is 32.1. The number of nitrogens with two attached hydrogens (primary N) is 2. The van der Waals surface area contributed by atoms with Crippen LogP contribution >= 0.6 is 11.3 Å². The van der Waals surface area contributed by atoms with E-state index in [0.717, 1.165) is 11.3 Å². The highest BCUT2D eigenvalue weighted by Crippen LogP contribution is 2.36. The molecule has 0 spiro atoms. The lowest BCUT2D eigenvalue weighted by atomic mass is 10.1. The highest BCUT2D eigenvalue weighted by Gasteiger charge is 2.27. The Bertz CT molecular complexity index is 1050. The number of nitrogen functional groups attached to an aromatic ring is 1. The first-order chi connectivity index (χ1) is 14.3. The number of carbonyl (C=O) groups is 2. The molecule has 0 aliphatic rings. The summed E-state index contributed by atoms with van der Waals surface area (Å²) in [6, 6.07) is 11.4. The smallest absolute Gasteiger partial charge is 0.240 e. The summed E-state index contributed by atoms with van der Waals surface area (Å²) >= 11 is 1.04. The van der Waals surface area contributed by atoms with Crippen LogP contribution < -0.4 is 21.1 Å². The number of anilines is 3. The van der Waals surface area contributed by atoms with Gasteiger partial charge in [0.25, 0.3) is 0 Å². The van der Waals surface area contributed by atoms with Crippen molar-refractivity contribution in [3.8, 4) is 5.75 Å². The number of thiazole rings is 1. The van der Waals surface area contributed by atoms with E-state index in [1.54, 1.807) is 31.2 Å². The zero-order valence-corrected chi connectivity index (χ0v) is 17.3. The molecule has 7 nitrogen and oxygen atoms in total. The number of amides is 1. The minimum atomic E-state index is -0.797. The third kappa shape index (κ3) is 4.41. The van der Waals surface area contributed by atoms with Crippen LogP contribution in [0.5, 0.6) is 5.75 Å². The van der Waals surface area contributed by atoms with Crippen molar-refractivity contribution >= 4 is 39.7 Å². The first kappa shape index (κ1) is 21.3. The number of ketones is 1. The normalized spacial score (nSPS) is 11.7. The van der Waals surface area contributed by atoms with E-state index < -0.39 is 17.8 Å². The van der Waals surface area contributed by atoms with Gasteiger partial charge in [0.15, 0.2) is 5.13 Å². The second-order valence-corrected chi connectivity index (χ2v) is 7.40. The Hall–Kier alpha value is -3.46. The van der Waals surface area contributed by atoms with Crippen LogP contribution in [0, 0.1) is 5.82 Å². The summed E-state index contributed by atoms with van der Waals surface area (Å²) in [6.07, 6.45) is 0. The lowest BCUT2D eigenvalue weighted by Crippen LogP contribution is -2.39. The predicted molar refractivity (Wildman–Crippen MR) is 115 cm³/mol. The summed E-state index contributed by atoms with van der Waals surface area (Å²) in [7, 11) is 0. The van der Waals surface area contributed by atoms with Crippen LogP contribution in [0.2, 0.25) is 0 Å². The second kappa shape index (κ2) is 8.91. The Kier molecular flexibility index (Phi) is 6.31. The van der Waals surface area contributed by atoms with Gasteiger partial charge >= 0.3 is 0 Å². The molecule has 156 valence electrons. The van der Waals surface area contributed by atoms with Gasteiger partial charge in [-0.2, -0.15) is 0 Å². The van der Waals surface area contributed by atoms with Crippen molar-refractivity contribution in [2.24, 2.45) is 5.73 Å². The Labute approximate surface area is 177 Å².